The Labute approximate surface area is 124 Å². The molecule has 0 atom stereocenters. The molecule has 2 rings (SSSR count). The van der Waals surface area contributed by atoms with Crippen molar-refractivity contribution in [2.45, 2.75) is 33.7 Å². The largest absolute Gasteiger partial charge is 0.333 e. The highest BCUT2D eigenvalue weighted by Gasteiger charge is 2.09. The zero-order valence-electron chi connectivity index (χ0n) is 12.1. The van der Waals surface area contributed by atoms with Gasteiger partial charge >= 0.3 is 6.03 Å². The molecule has 106 valence electrons. The van der Waals surface area contributed by atoms with Gasteiger partial charge in [-0.15, -0.1) is 11.3 Å². The molecular formula is C16H20N2OS. The van der Waals surface area contributed by atoms with Crippen molar-refractivity contribution < 1.29 is 4.79 Å². The molecule has 0 saturated heterocycles. The fourth-order valence-electron chi connectivity index (χ4n) is 2.11. The number of para-hydroxylation sites is 1. The Hall–Kier alpha value is -1.81. The highest BCUT2D eigenvalue weighted by atomic mass is 32.1. The van der Waals surface area contributed by atoms with E-state index in [1.54, 1.807) is 11.3 Å². The van der Waals surface area contributed by atoms with Crippen LogP contribution in [0, 0.1) is 13.8 Å². The summed E-state index contributed by atoms with van der Waals surface area (Å²) in [5.41, 5.74) is 4.40. The maximum Gasteiger partial charge on any atom is 0.319 e. The minimum Gasteiger partial charge on any atom is -0.333 e. The van der Waals surface area contributed by atoms with Crippen LogP contribution in [0.3, 0.4) is 0 Å². The molecule has 0 aliphatic rings. The van der Waals surface area contributed by atoms with Gasteiger partial charge in [-0.2, -0.15) is 0 Å². The quantitative estimate of drug-likeness (QED) is 0.867. The number of carbonyl (C=O) groups is 1. The van der Waals surface area contributed by atoms with Crippen LogP contribution in [0.2, 0.25) is 0 Å². The lowest BCUT2D eigenvalue weighted by Crippen LogP contribution is -2.28. The van der Waals surface area contributed by atoms with Crippen LogP contribution in [0.1, 0.15) is 28.5 Å². The van der Waals surface area contributed by atoms with E-state index in [1.165, 1.54) is 10.4 Å². The number of benzene rings is 1. The molecule has 3 nitrogen and oxygen atoms in total. The topological polar surface area (TPSA) is 41.1 Å². The third kappa shape index (κ3) is 3.39. The van der Waals surface area contributed by atoms with Crippen LogP contribution in [0.25, 0.3) is 0 Å². The van der Waals surface area contributed by atoms with Gasteiger partial charge < -0.3 is 10.6 Å². The van der Waals surface area contributed by atoms with Gasteiger partial charge in [0, 0.05) is 10.6 Å². The van der Waals surface area contributed by atoms with Crippen molar-refractivity contribution in [1.29, 1.82) is 0 Å². The number of nitrogens with one attached hydrogen (secondary N) is 2. The minimum atomic E-state index is -0.151. The molecule has 2 N–H and O–H groups in total. The summed E-state index contributed by atoms with van der Waals surface area (Å²) in [6.45, 7) is 6.73. The molecule has 0 spiro atoms. The lowest BCUT2D eigenvalue weighted by Gasteiger charge is -2.13. The van der Waals surface area contributed by atoms with Gasteiger partial charge in [-0.05, 0) is 48.4 Å². The molecule has 0 radical (unpaired) electrons. The first-order chi connectivity index (χ1) is 9.61. The summed E-state index contributed by atoms with van der Waals surface area (Å²) in [7, 11) is 0. The third-order valence-corrected chi connectivity index (χ3v) is 4.38. The first kappa shape index (κ1) is 14.6. The molecule has 1 aromatic carbocycles. The highest BCUT2D eigenvalue weighted by Crippen LogP contribution is 2.21. The van der Waals surface area contributed by atoms with E-state index >= 15 is 0 Å². The molecule has 20 heavy (non-hydrogen) atoms. The Balaban J connectivity index is 2.00. The average Bonchev–Trinajstić information content (AvgIpc) is 2.84. The van der Waals surface area contributed by atoms with Crippen LogP contribution in [0.4, 0.5) is 10.5 Å². The predicted molar refractivity (Wildman–Crippen MR) is 85.5 cm³/mol. The van der Waals surface area contributed by atoms with Crippen molar-refractivity contribution >= 4 is 23.1 Å². The van der Waals surface area contributed by atoms with Gasteiger partial charge in [0.2, 0.25) is 0 Å². The van der Waals surface area contributed by atoms with Crippen LogP contribution in [-0.2, 0) is 13.0 Å². The van der Waals surface area contributed by atoms with Crippen LogP contribution in [-0.4, -0.2) is 6.03 Å². The molecule has 0 bridgehead atoms. The molecule has 0 aliphatic heterocycles. The molecule has 0 fully saturated rings. The predicted octanol–water partition coefficient (Wildman–Crippen LogP) is 4.25. The van der Waals surface area contributed by atoms with Gasteiger partial charge in [-0.1, -0.05) is 25.1 Å². The molecule has 1 aromatic heterocycles. The summed E-state index contributed by atoms with van der Waals surface area (Å²) in [6.07, 6.45) is 0.904. The van der Waals surface area contributed by atoms with Gasteiger partial charge in [-0.3, -0.25) is 0 Å². The standard InChI is InChI=1S/C16H20N2OS/c1-4-13-7-5-6-12(3)15(13)18-16(19)17-10-14-11(2)8-9-20-14/h5-9H,4,10H2,1-3H3,(H2,17,18,19). The van der Waals surface area contributed by atoms with Gasteiger partial charge in [-0.25, -0.2) is 4.79 Å². The lowest BCUT2D eigenvalue weighted by molar-refractivity contribution is 0.252. The monoisotopic (exact) mass is 288 g/mol. The second-order valence-electron chi connectivity index (χ2n) is 4.80. The summed E-state index contributed by atoms with van der Waals surface area (Å²) in [5, 5.41) is 7.92. The van der Waals surface area contributed by atoms with E-state index in [1.807, 2.05) is 30.5 Å². The number of rotatable bonds is 4. The summed E-state index contributed by atoms with van der Waals surface area (Å²) >= 11 is 1.67. The van der Waals surface area contributed by atoms with E-state index in [0.717, 1.165) is 23.2 Å². The fraction of sp³-hybridized carbons (Fsp3) is 0.312. The molecular weight excluding hydrogens is 268 g/mol. The molecule has 1 heterocycles. The Bertz CT molecular complexity index is 604. The third-order valence-electron chi connectivity index (χ3n) is 3.36. The number of thiophene rings is 1. The van der Waals surface area contributed by atoms with Crippen molar-refractivity contribution in [1.82, 2.24) is 5.32 Å². The van der Waals surface area contributed by atoms with Gasteiger partial charge in [0.1, 0.15) is 0 Å². The second-order valence-corrected chi connectivity index (χ2v) is 5.80. The van der Waals surface area contributed by atoms with Gasteiger partial charge in [0.05, 0.1) is 6.54 Å². The van der Waals surface area contributed by atoms with E-state index in [-0.39, 0.29) is 6.03 Å². The molecule has 0 unspecified atom stereocenters. The molecule has 0 aliphatic carbocycles. The van der Waals surface area contributed by atoms with E-state index < -0.39 is 0 Å². The number of anilines is 1. The van der Waals surface area contributed by atoms with Crippen LogP contribution < -0.4 is 10.6 Å². The fourth-order valence-corrected chi connectivity index (χ4v) is 2.95. The zero-order valence-corrected chi connectivity index (χ0v) is 12.9. The second kappa shape index (κ2) is 6.57. The van der Waals surface area contributed by atoms with Crippen molar-refractivity contribution in [3.05, 3.63) is 51.2 Å². The molecule has 0 saturated carbocycles. The van der Waals surface area contributed by atoms with E-state index in [2.05, 4.69) is 30.5 Å². The first-order valence-electron chi connectivity index (χ1n) is 6.78. The number of carbonyl (C=O) groups excluding carboxylic acids is 1. The summed E-state index contributed by atoms with van der Waals surface area (Å²) < 4.78 is 0. The Morgan fingerprint density at radius 1 is 1.20 bits per heavy atom. The first-order valence-corrected chi connectivity index (χ1v) is 7.66. The van der Waals surface area contributed by atoms with Crippen molar-refractivity contribution in [3.8, 4) is 0 Å². The number of hydrogen-bond donors (Lipinski definition) is 2. The summed E-state index contributed by atoms with van der Waals surface area (Å²) in [4.78, 5) is 13.2. The van der Waals surface area contributed by atoms with E-state index in [0.29, 0.717) is 6.54 Å². The average molecular weight is 288 g/mol. The maximum absolute atomic E-state index is 12.0. The summed E-state index contributed by atoms with van der Waals surface area (Å²) in [5.74, 6) is 0. The highest BCUT2D eigenvalue weighted by molar-refractivity contribution is 7.10. The molecule has 2 aromatic rings. The Morgan fingerprint density at radius 3 is 2.65 bits per heavy atom. The number of aryl methyl sites for hydroxylation is 3. The number of urea groups is 1. The van der Waals surface area contributed by atoms with Crippen LogP contribution >= 0.6 is 11.3 Å². The molecule has 2 amide bonds. The number of hydrogen-bond acceptors (Lipinski definition) is 2. The Kier molecular flexibility index (Phi) is 4.79. The smallest absolute Gasteiger partial charge is 0.319 e. The zero-order chi connectivity index (χ0) is 14.5. The van der Waals surface area contributed by atoms with Crippen LogP contribution in [0.5, 0.6) is 0 Å². The van der Waals surface area contributed by atoms with Gasteiger partial charge in [0.25, 0.3) is 0 Å². The van der Waals surface area contributed by atoms with Crippen LogP contribution in [0.15, 0.2) is 29.6 Å². The molecule has 4 heteroatoms. The number of amides is 2. The maximum atomic E-state index is 12.0. The Morgan fingerprint density at radius 2 is 2.00 bits per heavy atom. The SMILES string of the molecule is CCc1cccc(C)c1NC(=O)NCc1sccc1C. The normalized spacial score (nSPS) is 10.3. The summed E-state index contributed by atoms with van der Waals surface area (Å²) in [6, 6.07) is 7.99. The minimum absolute atomic E-state index is 0.151. The van der Waals surface area contributed by atoms with Gasteiger partial charge in [0.15, 0.2) is 0 Å². The van der Waals surface area contributed by atoms with E-state index in [9.17, 15) is 4.79 Å². The van der Waals surface area contributed by atoms with Crippen molar-refractivity contribution in [2.24, 2.45) is 0 Å². The lowest BCUT2D eigenvalue weighted by atomic mass is 10.1. The van der Waals surface area contributed by atoms with Crippen molar-refractivity contribution in [3.63, 3.8) is 0 Å². The van der Waals surface area contributed by atoms with E-state index in [4.69, 9.17) is 0 Å². The van der Waals surface area contributed by atoms with Crippen molar-refractivity contribution in [2.75, 3.05) is 5.32 Å².